The molecule has 1 fully saturated rings. The molecule has 1 aliphatic carbocycles. The maximum atomic E-state index is 12.9. The average molecular weight is 350 g/mol. The first-order chi connectivity index (χ1) is 8.75. The van der Waals surface area contributed by atoms with Crippen molar-refractivity contribution < 1.29 is 61.5 Å². The Morgan fingerprint density at radius 3 is 0.810 bits per heavy atom. The second kappa shape index (κ2) is 3.67. The number of hydrogen-bond acceptors (Lipinski definition) is 0. The van der Waals surface area contributed by atoms with Crippen LogP contribution in [0.3, 0.4) is 0 Å². The van der Waals surface area contributed by atoms with E-state index in [2.05, 4.69) is 0 Å². The average Bonchev–Trinajstić information content (AvgIpc) is 2.07. The van der Waals surface area contributed by atoms with E-state index >= 15 is 0 Å². The highest BCUT2D eigenvalue weighted by Gasteiger charge is 3.13. The van der Waals surface area contributed by atoms with Gasteiger partial charge >= 0.3 is 36.0 Å². The molecule has 1 saturated carbocycles. The molecule has 0 aromatic rings. The standard InChI is InChI=1S/C7F14/c8-2(7(19,20)21)3(9,10)1(4(2,11)12,5(13,14)15)6(16,17)18. The Hall–Kier alpha value is -0.980. The van der Waals surface area contributed by atoms with E-state index < -0.39 is 41.5 Å². The Balaban J connectivity index is 3.83. The molecule has 21 heavy (non-hydrogen) atoms. The van der Waals surface area contributed by atoms with Crippen molar-refractivity contribution in [3.63, 3.8) is 0 Å². The van der Waals surface area contributed by atoms with E-state index in [1.165, 1.54) is 0 Å². The molecule has 0 bridgehead atoms. The number of hydrogen-bond donors (Lipinski definition) is 0. The van der Waals surface area contributed by atoms with Crippen LogP contribution in [-0.4, -0.2) is 36.0 Å². The van der Waals surface area contributed by atoms with Crippen molar-refractivity contribution >= 4 is 0 Å². The van der Waals surface area contributed by atoms with Crippen molar-refractivity contribution in [3.05, 3.63) is 0 Å². The van der Waals surface area contributed by atoms with E-state index in [0.29, 0.717) is 0 Å². The molecule has 0 aromatic heterocycles. The van der Waals surface area contributed by atoms with Crippen LogP contribution in [0.2, 0.25) is 0 Å². The molecule has 0 amide bonds. The van der Waals surface area contributed by atoms with Gasteiger partial charge in [0.25, 0.3) is 5.41 Å². The fraction of sp³-hybridized carbons (Fsp3) is 1.00. The lowest BCUT2D eigenvalue weighted by atomic mass is 9.51. The maximum absolute atomic E-state index is 12.9. The molecule has 0 heterocycles. The minimum Gasteiger partial charge on any atom is -0.220 e. The predicted octanol–water partition coefficient (Wildman–Crippen LogP) is 4.65. The van der Waals surface area contributed by atoms with Crippen LogP contribution in [0.5, 0.6) is 0 Å². The Morgan fingerprint density at radius 1 is 0.429 bits per heavy atom. The number of halogens is 14. The number of rotatable bonds is 0. The first-order valence-corrected chi connectivity index (χ1v) is 4.40. The zero-order valence-electron chi connectivity index (χ0n) is 8.79. The second-order valence-corrected chi connectivity index (χ2v) is 4.05. The molecule has 0 spiro atoms. The van der Waals surface area contributed by atoms with Gasteiger partial charge in [-0.25, -0.2) is 22.0 Å². The minimum atomic E-state index is -7.60. The number of alkyl halides is 14. The van der Waals surface area contributed by atoms with Gasteiger partial charge in [0.1, 0.15) is 0 Å². The van der Waals surface area contributed by atoms with Crippen LogP contribution in [0, 0.1) is 5.41 Å². The Labute approximate surface area is 104 Å². The third-order valence-electron chi connectivity index (χ3n) is 3.05. The molecule has 0 atom stereocenters. The van der Waals surface area contributed by atoms with Crippen LogP contribution in [0.15, 0.2) is 0 Å². The molecular weight excluding hydrogens is 350 g/mol. The topological polar surface area (TPSA) is 0 Å². The van der Waals surface area contributed by atoms with E-state index in [4.69, 9.17) is 0 Å². The van der Waals surface area contributed by atoms with Crippen molar-refractivity contribution in [1.29, 1.82) is 0 Å². The van der Waals surface area contributed by atoms with Crippen LogP contribution in [0.25, 0.3) is 0 Å². The molecule has 14 heteroatoms. The fourth-order valence-electron chi connectivity index (χ4n) is 2.08. The third-order valence-corrected chi connectivity index (χ3v) is 3.05. The van der Waals surface area contributed by atoms with Crippen molar-refractivity contribution in [2.24, 2.45) is 5.41 Å². The first-order valence-electron chi connectivity index (χ1n) is 4.40. The zero-order chi connectivity index (χ0) is 17.5. The molecule has 0 nitrogen and oxygen atoms in total. The van der Waals surface area contributed by atoms with E-state index in [-0.39, 0.29) is 0 Å². The normalized spacial score (nSPS) is 27.1. The van der Waals surface area contributed by atoms with Crippen LogP contribution in [-0.2, 0) is 0 Å². The summed E-state index contributed by atoms with van der Waals surface area (Å²) in [7, 11) is 0. The van der Waals surface area contributed by atoms with Gasteiger partial charge in [-0.3, -0.25) is 0 Å². The summed E-state index contributed by atoms with van der Waals surface area (Å²) in [5, 5.41) is 0. The summed E-state index contributed by atoms with van der Waals surface area (Å²) in [5.74, 6) is -15.0. The summed E-state index contributed by atoms with van der Waals surface area (Å²) in [6, 6.07) is 0. The van der Waals surface area contributed by atoms with Crippen LogP contribution in [0.4, 0.5) is 61.5 Å². The van der Waals surface area contributed by atoms with Gasteiger partial charge in [-0.15, -0.1) is 0 Å². The summed E-state index contributed by atoms with van der Waals surface area (Å²) in [6.45, 7) is 0. The molecule has 0 N–H and O–H groups in total. The summed E-state index contributed by atoms with van der Waals surface area (Å²) in [6.07, 6.45) is -22.6. The van der Waals surface area contributed by atoms with Gasteiger partial charge in [0.2, 0.25) is 0 Å². The Morgan fingerprint density at radius 2 is 0.667 bits per heavy atom. The molecule has 0 radical (unpaired) electrons. The van der Waals surface area contributed by atoms with Gasteiger partial charge < -0.3 is 0 Å². The molecule has 0 aliphatic heterocycles. The highest BCUT2D eigenvalue weighted by atomic mass is 19.4. The Bertz CT molecular complexity index is 400. The Kier molecular flexibility index (Phi) is 3.16. The van der Waals surface area contributed by atoms with Crippen molar-refractivity contribution in [2.75, 3.05) is 0 Å². The smallest absolute Gasteiger partial charge is 0.220 e. The highest BCUT2D eigenvalue weighted by molar-refractivity contribution is 5.36. The molecule has 1 aliphatic rings. The SMILES string of the molecule is FC(F)(F)C1(F)C(F)(F)C(C(F)(F)F)(C(F)(F)F)C1(F)F. The lowest BCUT2D eigenvalue weighted by molar-refractivity contribution is -0.580. The van der Waals surface area contributed by atoms with Crippen LogP contribution < -0.4 is 0 Å². The summed E-state index contributed by atoms with van der Waals surface area (Å²) < 4.78 is 173. The third kappa shape index (κ3) is 1.43. The highest BCUT2D eigenvalue weighted by Crippen LogP contribution is 2.82. The lowest BCUT2D eigenvalue weighted by Gasteiger charge is -2.62. The van der Waals surface area contributed by atoms with E-state index in [9.17, 15) is 61.5 Å². The monoisotopic (exact) mass is 350 g/mol. The zero-order valence-corrected chi connectivity index (χ0v) is 8.79. The van der Waals surface area contributed by atoms with E-state index in [1.54, 1.807) is 0 Å². The molecular formula is C7F14. The molecule has 0 saturated heterocycles. The fourth-order valence-corrected chi connectivity index (χ4v) is 2.08. The molecule has 126 valence electrons. The van der Waals surface area contributed by atoms with E-state index in [0.717, 1.165) is 0 Å². The van der Waals surface area contributed by atoms with Gasteiger partial charge in [0, 0.05) is 0 Å². The molecule has 1 rings (SSSR count). The van der Waals surface area contributed by atoms with Crippen molar-refractivity contribution in [1.82, 2.24) is 0 Å². The van der Waals surface area contributed by atoms with Crippen molar-refractivity contribution in [2.45, 2.75) is 36.0 Å². The van der Waals surface area contributed by atoms with Gasteiger partial charge in [-0.1, -0.05) is 0 Å². The minimum absolute atomic E-state index is 7.31. The second-order valence-electron chi connectivity index (χ2n) is 4.05. The van der Waals surface area contributed by atoms with Crippen LogP contribution >= 0.6 is 0 Å². The van der Waals surface area contributed by atoms with Gasteiger partial charge in [0.05, 0.1) is 0 Å². The predicted molar refractivity (Wildman–Crippen MR) is 34.3 cm³/mol. The summed E-state index contributed by atoms with van der Waals surface area (Å²) in [4.78, 5) is 0. The lowest BCUT2D eigenvalue weighted by Crippen LogP contribution is -2.94. The molecule has 0 aromatic carbocycles. The largest absolute Gasteiger partial charge is 0.434 e. The van der Waals surface area contributed by atoms with Crippen LogP contribution in [0.1, 0.15) is 0 Å². The maximum Gasteiger partial charge on any atom is 0.434 e. The molecule has 0 unspecified atom stereocenters. The van der Waals surface area contributed by atoms with E-state index in [1.807, 2.05) is 0 Å². The van der Waals surface area contributed by atoms with Gasteiger partial charge in [-0.05, 0) is 0 Å². The van der Waals surface area contributed by atoms with Gasteiger partial charge in [0.15, 0.2) is 0 Å². The quantitative estimate of drug-likeness (QED) is 0.558. The van der Waals surface area contributed by atoms with Gasteiger partial charge in [-0.2, -0.15) is 39.5 Å². The summed E-state index contributed by atoms with van der Waals surface area (Å²) >= 11 is 0. The van der Waals surface area contributed by atoms with Crippen molar-refractivity contribution in [3.8, 4) is 0 Å². The first kappa shape index (κ1) is 18.1. The summed E-state index contributed by atoms with van der Waals surface area (Å²) in [5.41, 5.74) is -14.8.